The number of carbonyl (C=O) groups excluding carboxylic acids is 2. The fraction of sp³-hybridized carbons (Fsp3) is 0.294. The summed E-state index contributed by atoms with van der Waals surface area (Å²) in [6.45, 7) is 3.91. The number of hydrogen-bond acceptors (Lipinski definition) is 3. The van der Waals surface area contributed by atoms with E-state index in [0.29, 0.717) is 6.54 Å². The Hall–Kier alpha value is -2.36. The zero-order valence-corrected chi connectivity index (χ0v) is 12.3. The number of nitrogens with one attached hydrogen (secondary N) is 1. The lowest BCUT2D eigenvalue weighted by Gasteiger charge is -2.12. The van der Waals surface area contributed by atoms with Crippen LogP contribution in [0.4, 0.5) is 0 Å². The number of amides is 1. The third-order valence-electron chi connectivity index (χ3n) is 3.19. The van der Waals surface area contributed by atoms with E-state index in [9.17, 15) is 9.59 Å². The van der Waals surface area contributed by atoms with Crippen molar-refractivity contribution >= 4 is 22.6 Å². The van der Waals surface area contributed by atoms with E-state index >= 15 is 0 Å². The number of ether oxygens (including phenoxy) is 1. The summed E-state index contributed by atoms with van der Waals surface area (Å²) in [5.74, 6) is -0.673. The molecule has 1 N–H and O–H groups in total. The first kappa shape index (κ1) is 15.0. The largest absolute Gasteiger partial charge is 0.452 e. The summed E-state index contributed by atoms with van der Waals surface area (Å²) in [5.41, 5.74) is 0.877. The molecule has 0 heterocycles. The normalized spacial score (nSPS) is 11.9. The van der Waals surface area contributed by atoms with Gasteiger partial charge in [-0.3, -0.25) is 9.59 Å². The van der Waals surface area contributed by atoms with E-state index in [-0.39, 0.29) is 12.3 Å². The van der Waals surface area contributed by atoms with E-state index in [0.717, 1.165) is 16.3 Å². The topological polar surface area (TPSA) is 55.4 Å². The van der Waals surface area contributed by atoms with E-state index in [2.05, 4.69) is 5.32 Å². The SMILES string of the molecule is CCNC(=O)[C@@H](C)OC(=O)Cc1ccc2ccccc2c1. The summed E-state index contributed by atoms with van der Waals surface area (Å²) in [5, 5.41) is 4.84. The molecule has 4 heteroatoms. The van der Waals surface area contributed by atoms with Crippen molar-refractivity contribution in [2.75, 3.05) is 6.54 Å². The van der Waals surface area contributed by atoms with Gasteiger partial charge in [-0.15, -0.1) is 0 Å². The highest BCUT2D eigenvalue weighted by Crippen LogP contribution is 2.16. The van der Waals surface area contributed by atoms with Crippen LogP contribution in [0.1, 0.15) is 19.4 Å². The molecule has 4 nitrogen and oxygen atoms in total. The first-order chi connectivity index (χ1) is 10.1. The standard InChI is InChI=1S/C17H19NO3/c1-3-18-17(20)12(2)21-16(19)11-13-8-9-14-6-4-5-7-15(14)10-13/h4-10,12H,3,11H2,1-2H3,(H,18,20)/t12-/m1/s1. The van der Waals surface area contributed by atoms with Crippen molar-refractivity contribution in [3.8, 4) is 0 Å². The van der Waals surface area contributed by atoms with Crippen LogP contribution in [-0.4, -0.2) is 24.5 Å². The summed E-state index contributed by atoms with van der Waals surface area (Å²) >= 11 is 0. The average molecular weight is 285 g/mol. The van der Waals surface area contributed by atoms with Gasteiger partial charge in [-0.25, -0.2) is 0 Å². The van der Waals surface area contributed by atoms with E-state index in [1.165, 1.54) is 0 Å². The summed E-state index contributed by atoms with van der Waals surface area (Å²) in [7, 11) is 0. The molecule has 0 spiro atoms. The minimum Gasteiger partial charge on any atom is -0.452 e. The van der Waals surface area contributed by atoms with Gasteiger partial charge in [0.15, 0.2) is 6.10 Å². The van der Waals surface area contributed by atoms with Gasteiger partial charge in [-0.1, -0.05) is 42.5 Å². The van der Waals surface area contributed by atoms with Crippen LogP contribution in [0.25, 0.3) is 10.8 Å². The molecular formula is C17H19NO3. The fourth-order valence-electron chi connectivity index (χ4n) is 2.13. The second kappa shape index (κ2) is 6.88. The Balaban J connectivity index is 1.99. The molecule has 2 aromatic carbocycles. The Morgan fingerprint density at radius 2 is 1.86 bits per heavy atom. The van der Waals surface area contributed by atoms with Crippen LogP contribution >= 0.6 is 0 Å². The van der Waals surface area contributed by atoms with Gasteiger partial charge < -0.3 is 10.1 Å². The Morgan fingerprint density at radius 3 is 2.57 bits per heavy atom. The van der Waals surface area contributed by atoms with E-state index in [1.54, 1.807) is 6.92 Å². The molecule has 0 saturated carbocycles. The second-order valence-corrected chi connectivity index (χ2v) is 4.88. The number of carbonyl (C=O) groups is 2. The van der Waals surface area contributed by atoms with Crippen molar-refractivity contribution in [3.05, 3.63) is 48.0 Å². The highest BCUT2D eigenvalue weighted by Gasteiger charge is 2.17. The van der Waals surface area contributed by atoms with Crippen LogP contribution in [0.2, 0.25) is 0 Å². The van der Waals surface area contributed by atoms with Gasteiger partial charge in [0.05, 0.1) is 6.42 Å². The predicted octanol–water partition coefficient (Wildman–Crippen LogP) is 2.45. The Bertz CT molecular complexity index is 651. The zero-order valence-electron chi connectivity index (χ0n) is 12.3. The average Bonchev–Trinajstić information content (AvgIpc) is 2.47. The molecule has 0 bridgehead atoms. The van der Waals surface area contributed by atoms with Crippen molar-refractivity contribution in [1.82, 2.24) is 5.32 Å². The maximum atomic E-state index is 11.9. The van der Waals surface area contributed by atoms with Gasteiger partial charge in [0.25, 0.3) is 5.91 Å². The fourth-order valence-corrected chi connectivity index (χ4v) is 2.13. The summed E-state index contributed by atoms with van der Waals surface area (Å²) in [6.07, 6.45) is -0.605. The number of fused-ring (bicyclic) bond motifs is 1. The lowest BCUT2D eigenvalue weighted by molar-refractivity contribution is -0.154. The molecule has 0 unspecified atom stereocenters. The molecule has 0 radical (unpaired) electrons. The van der Waals surface area contributed by atoms with Gasteiger partial charge in [-0.2, -0.15) is 0 Å². The minimum atomic E-state index is -0.766. The van der Waals surface area contributed by atoms with Crippen LogP contribution in [0.15, 0.2) is 42.5 Å². The molecule has 21 heavy (non-hydrogen) atoms. The zero-order chi connectivity index (χ0) is 15.2. The molecule has 110 valence electrons. The molecule has 1 amide bonds. The van der Waals surface area contributed by atoms with Crippen molar-refractivity contribution in [2.24, 2.45) is 0 Å². The van der Waals surface area contributed by atoms with Crippen LogP contribution in [0, 0.1) is 0 Å². The Morgan fingerprint density at radius 1 is 1.14 bits per heavy atom. The Kier molecular flexibility index (Phi) is 4.93. The van der Waals surface area contributed by atoms with Gasteiger partial charge >= 0.3 is 5.97 Å². The first-order valence-electron chi connectivity index (χ1n) is 7.05. The molecule has 0 aliphatic rings. The third kappa shape index (κ3) is 4.05. The van der Waals surface area contributed by atoms with Gasteiger partial charge in [-0.05, 0) is 30.2 Å². The van der Waals surface area contributed by atoms with Crippen molar-refractivity contribution in [1.29, 1.82) is 0 Å². The van der Waals surface area contributed by atoms with Gasteiger partial charge in [0.2, 0.25) is 0 Å². The van der Waals surface area contributed by atoms with Crippen LogP contribution in [0.3, 0.4) is 0 Å². The lowest BCUT2D eigenvalue weighted by Crippen LogP contribution is -2.35. The first-order valence-corrected chi connectivity index (χ1v) is 7.05. The maximum absolute atomic E-state index is 11.9. The van der Waals surface area contributed by atoms with Crippen molar-refractivity contribution < 1.29 is 14.3 Å². The van der Waals surface area contributed by atoms with Crippen molar-refractivity contribution in [2.45, 2.75) is 26.4 Å². The molecular weight excluding hydrogens is 266 g/mol. The number of esters is 1. The van der Waals surface area contributed by atoms with E-state index in [4.69, 9.17) is 4.74 Å². The van der Waals surface area contributed by atoms with Gasteiger partial charge in [0, 0.05) is 6.54 Å². The molecule has 0 fully saturated rings. The lowest BCUT2D eigenvalue weighted by atomic mass is 10.1. The minimum absolute atomic E-state index is 0.161. The molecule has 2 aromatic rings. The van der Waals surface area contributed by atoms with E-state index < -0.39 is 12.1 Å². The molecule has 0 aliphatic carbocycles. The quantitative estimate of drug-likeness (QED) is 0.859. The highest BCUT2D eigenvalue weighted by molar-refractivity contribution is 5.86. The van der Waals surface area contributed by atoms with Crippen LogP contribution in [-0.2, 0) is 20.7 Å². The molecule has 0 aromatic heterocycles. The summed E-state index contributed by atoms with van der Waals surface area (Å²) in [6, 6.07) is 13.8. The monoisotopic (exact) mass is 285 g/mol. The number of rotatable bonds is 5. The van der Waals surface area contributed by atoms with E-state index in [1.807, 2.05) is 49.4 Å². The smallest absolute Gasteiger partial charge is 0.311 e. The molecule has 0 saturated heterocycles. The summed E-state index contributed by atoms with van der Waals surface area (Å²) < 4.78 is 5.13. The van der Waals surface area contributed by atoms with Gasteiger partial charge in [0.1, 0.15) is 0 Å². The van der Waals surface area contributed by atoms with Crippen molar-refractivity contribution in [3.63, 3.8) is 0 Å². The van der Waals surface area contributed by atoms with Crippen LogP contribution < -0.4 is 5.32 Å². The Labute approximate surface area is 124 Å². The number of likely N-dealkylation sites (N-methyl/N-ethyl adjacent to an activating group) is 1. The number of hydrogen-bond donors (Lipinski definition) is 1. The number of benzene rings is 2. The maximum Gasteiger partial charge on any atom is 0.311 e. The molecule has 1 atom stereocenters. The van der Waals surface area contributed by atoms with Crippen LogP contribution in [0.5, 0.6) is 0 Å². The second-order valence-electron chi connectivity index (χ2n) is 4.88. The summed E-state index contributed by atoms with van der Waals surface area (Å²) in [4.78, 5) is 23.4. The third-order valence-corrected chi connectivity index (χ3v) is 3.19. The molecule has 0 aliphatic heterocycles. The molecule has 2 rings (SSSR count). The predicted molar refractivity (Wildman–Crippen MR) is 81.9 cm³/mol. The highest BCUT2D eigenvalue weighted by atomic mass is 16.5.